The first-order valence-corrected chi connectivity index (χ1v) is 7.39. The Bertz CT molecular complexity index is 302. The van der Waals surface area contributed by atoms with Gasteiger partial charge in [0.25, 0.3) is 0 Å². The maximum Gasteiger partial charge on any atom is 0.227 e. The Labute approximate surface area is 115 Å². The van der Waals surface area contributed by atoms with E-state index in [0.29, 0.717) is 26.2 Å². The lowest BCUT2D eigenvalue weighted by molar-refractivity contribution is -0.134. The number of piperidine rings is 1. The maximum atomic E-state index is 12.5. The van der Waals surface area contributed by atoms with Crippen LogP contribution in [0.3, 0.4) is 0 Å². The van der Waals surface area contributed by atoms with E-state index in [2.05, 4.69) is 17.6 Å². The van der Waals surface area contributed by atoms with E-state index in [0.717, 1.165) is 38.8 Å². The molecule has 2 saturated heterocycles. The first kappa shape index (κ1) is 14.8. The molecule has 2 heterocycles. The van der Waals surface area contributed by atoms with E-state index < -0.39 is 5.60 Å². The van der Waals surface area contributed by atoms with Crippen molar-refractivity contribution in [2.45, 2.75) is 44.6 Å². The highest BCUT2D eigenvalue weighted by Gasteiger charge is 2.40. The average molecular weight is 270 g/mol. The van der Waals surface area contributed by atoms with Gasteiger partial charge in [-0.2, -0.15) is 0 Å². The van der Waals surface area contributed by atoms with Crippen molar-refractivity contribution in [2.75, 3.05) is 32.8 Å². The molecular weight excluding hydrogens is 244 g/mol. The van der Waals surface area contributed by atoms with E-state index in [1.165, 1.54) is 0 Å². The fraction of sp³-hybridized carbons (Fsp3) is 0.929. The van der Waals surface area contributed by atoms with E-state index in [1.807, 2.05) is 0 Å². The quantitative estimate of drug-likeness (QED) is 0.677. The van der Waals surface area contributed by atoms with Crippen LogP contribution in [-0.4, -0.2) is 49.5 Å². The number of hydrogen-bond acceptors (Lipinski definition) is 4. The molecule has 1 amide bonds. The molecule has 2 fully saturated rings. The van der Waals surface area contributed by atoms with Crippen LogP contribution in [0.5, 0.6) is 0 Å². The molecule has 5 heteroatoms. The minimum atomic E-state index is -0.870. The van der Waals surface area contributed by atoms with Crippen LogP contribution in [0.2, 0.25) is 0 Å². The van der Waals surface area contributed by atoms with Gasteiger partial charge in [-0.25, -0.2) is 0 Å². The van der Waals surface area contributed by atoms with Gasteiger partial charge in [-0.05, 0) is 25.8 Å². The smallest absolute Gasteiger partial charge is 0.227 e. The van der Waals surface area contributed by atoms with Gasteiger partial charge in [0.2, 0.25) is 5.91 Å². The molecular formula is C14H26N2O3. The monoisotopic (exact) mass is 270 g/mol. The maximum absolute atomic E-state index is 12.5. The van der Waals surface area contributed by atoms with E-state index in [1.54, 1.807) is 0 Å². The summed E-state index contributed by atoms with van der Waals surface area (Å²) in [6, 6.07) is 0. The SMILES string of the molecule is CCCC1(C(=O)NCC2(O)CCOC2)CCCNC1. The standard InChI is InChI=1S/C14H26N2O3/c1-2-4-13(5-3-7-15-9-13)12(17)16-10-14(18)6-8-19-11-14/h15,18H,2-11H2,1H3,(H,16,17). The number of rotatable bonds is 5. The third-order valence-electron chi connectivity index (χ3n) is 4.34. The Balaban J connectivity index is 1.91. The molecule has 19 heavy (non-hydrogen) atoms. The van der Waals surface area contributed by atoms with Crippen LogP contribution in [0.15, 0.2) is 0 Å². The van der Waals surface area contributed by atoms with Gasteiger partial charge in [0.1, 0.15) is 5.60 Å². The van der Waals surface area contributed by atoms with Crippen LogP contribution in [0.4, 0.5) is 0 Å². The van der Waals surface area contributed by atoms with Crippen LogP contribution in [0, 0.1) is 5.41 Å². The van der Waals surface area contributed by atoms with Gasteiger partial charge >= 0.3 is 0 Å². The van der Waals surface area contributed by atoms with Gasteiger partial charge in [-0.1, -0.05) is 13.3 Å². The van der Waals surface area contributed by atoms with Crippen molar-refractivity contribution in [1.82, 2.24) is 10.6 Å². The lowest BCUT2D eigenvalue weighted by atomic mass is 9.76. The van der Waals surface area contributed by atoms with E-state index in [9.17, 15) is 9.90 Å². The van der Waals surface area contributed by atoms with E-state index in [-0.39, 0.29) is 11.3 Å². The van der Waals surface area contributed by atoms with E-state index >= 15 is 0 Å². The zero-order valence-electron chi connectivity index (χ0n) is 11.8. The summed E-state index contributed by atoms with van der Waals surface area (Å²) in [5.74, 6) is 0.0851. The Kier molecular flexibility index (Phi) is 4.81. The third-order valence-corrected chi connectivity index (χ3v) is 4.34. The molecule has 2 aliphatic rings. The topological polar surface area (TPSA) is 70.6 Å². The second kappa shape index (κ2) is 6.20. The molecule has 0 aliphatic carbocycles. The van der Waals surface area contributed by atoms with Crippen molar-refractivity contribution in [1.29, 1.82) is 0 Å². The molecule has 0 spiro atoms. The van der Waals surface area contributed by atoms with Crippen molar-refractivity contribution < 1.29 is 14.6 Å². The normalized spacial score (nSPS) is 35.3. The number of hydrogen-bond donors (Lipinski definition) is 3. The summed E-state index contributed by atoms with van der Waals surface area (Å²) in [4.78, 5) is 12.5. The van der Waals surface area contributed by atoms with Gasteiger partial charge in [-0.15, -0.1) is 0 Å². The molecule has 2 atom stereocenters. The molecule has 5 nitrogen and oxygen atoms in total. The Hall–Kier alpha value is -0.650. The van der Waals surface area contributed by atoms with Gasteiger partial charge in [0.15, 0.2) is 0 Å². The van der Waals surface area contributed by atoms with Crippen molar-refractivity contribution in [3.05, 3.63) is 0 Å². The first-order chi connectivity index (χ1) is 9.10. The predicted octanol–water partition coefficient (Wildman–Crippen LogP) is 0.424. The summed E-state index contributed by atoms with van der Waals surface area (Å²) in [6.07, 6.45) is 4.49. The van der Waals surface area contributed by atoms with Crippen LogP contribution in [-0.2, 0) is 9.53 Å². The van der Waals surface area contributed by atoms with Crippen LogP contribution < -0.4 is 10.6 Å². The summed E-state index contributed by atoms with van der Waals surface area (Å²) >= 11 is 0. The number of ether oxygens (including phenoxy) is 1. The van der Waals surface area contributed by atoms with E-state index in [4.69, 9.17) is 4.74 Å². The summed E-state index contributed by atoms with van der Waals surface area (Å²) in [7, 11) is 0. The van der Waals surface area contributed by atoms with Gasteiger partial charge in [-0.3, -0.25) is 4.79 Å². The summed E-state index contributed by atoms with van der Waals surface area (Å²) < 4.78 is 5.20. The largest absolute Gasteiger partial charge is 0.386 e. The van der Waals surface area contributed by atoms with Crippen LogP contribution in [0.25, 0.3) is 0 Å². The van der Waals surface area contributed by atoms with Crippen molar-refractivity contribution in [3.8, 4) is 0 Å². The van der Waals surface area contributed by atoms with Crippen molar-refractivity contribution in [2.24, 2.45) is 5.41 Å². The van der Waals surface area contributed by atoms with Gasteiger partial charge < -0.3 is 20.5 Å². The van der Waals surface area contributed by atoms with Gasteiger partial charge in [0.05, 0.1) is 12.0 Å². The van der Waals surface area contributed by atoms with Crippen molar-refractivity contribution in [3.63, 3.8) is 0 Å². The Morgan fingerprint density at radius 1 is 1.47 bits per heavy atom. The average Bonchev–Trinajstić information content (AvgIpc) is 2.85. The molecule has 0 bridgehead atoms. The fourth-order valence-corrected chi connectivity index (χ4v) is 3.14. The second-order valence-electron chi connectivity index (χ2n) is 6.02. The zero-order valence-corrected chi connectivity index (χ0v) is 11.8. The minimum absolute atomic E-state index is 0.0851. The number of carbonyl (C=O) groups excluding carboxylic acids is 1. The lowest BCUT2D eigenvalue weighted by Gasteiger charge is -2.37. The number of aliphatic hydroxyl groups is 1. The third kappa shape index (κ3) is 3.46. The Morgan fingerprint density at radius 2 is 2.32 bits per heavy atom. The highest BCUT2D eigenvalue weighted by atomic mass is 16.5. The van der Waals surface area contributed by atoms with Gasteiger partial charge in [0, 0.05) is 26.1 Å². The summed E-state index contributed by atoms with van der Waals surface area (Å²) in [5, 5.41) is 16.5. The highest BCUT2D eigenvalue weighted by Crippen LogP contribution is 2.32. The molecule has 3 N–H and O–H groups in total. The molecule has 0 saturated carbocycles. The van der Waals surface area contributed by atoms with Crippen LogP contribution in [0.1, 0.15) is 39.0 Å². The second-order valence-corrected chi connectivity index (χ2v) is 6.02. The number of amides is 1. The molecule has 0 aromatic carbocycles. The molecule has 0 aromatic heterocycles. The molecule has 2 unspecified atom stereocenters. The fourth-order valence-electron chi connectivity index (χ4n) is 3.14. The Morgan fingerprint density at radius 3 is 2.89 bits per heavy atom. The lowest BCUT2D eigenvalue weighted by Crippen LogP contribution is -2.53. The van der Waals surface area contributed by atoms with Crippen LogP contribution >= 0.6 is 0 Å². The molecule has 2 rings (SSSR count). The molecule has 0 radical (unpaired) electrons. The predicted molar refractivity (Wildman–Crippen MR) is 72.8 cm³/mol. The highest BCUT2D eigenvalue weighted by molar-refractivity contribution is 5.83. The first-order valence-electron chi connectivity index (χ1n) is 7.39. The summed E-state index contributed by atoms with van der Waals surface area (Å²) in [5.41, 5.74) is -1.16. The molecule has 110 valence electrons. The van der Waals surface area contributed by atoms with Crippen molar-refractivity contribution >= 4 is 5.91 Å². The minimum Gasteiger partial charge on any atom is -0.386 e. The molecule has 2 aliphatic heterocycles. The molecule has 0 aromatic rings. The summed E-state index contributed by atoms with van der Waals surface area (Å²) in [6.45, 7) is 5.07. The zero-order chi connectivity index (χ0) is 13.8. The number of carbonyl (C=O) groups is 1. The number of nitrogens with one attached hydrogen (secondary N) is 2.